The van der Waals surface area contributed by atoms with Gasteiger partial charge < -0.3 is 14.7 Å². The van der Waals surface area contributed by atoms with Crippen LogP contribution < -0.4 is 4.90 Å². The molecule has 0 spiro atoms. The minimum absolute atomic E-state index is 0.0398. The maximum absolute atomic E-state index is 11.6. The molecule has 5 heteroatoms. The zero-order chi connectivity index (χ0) is 13.2. The minimum atomic E-state index is -0.0712. The van der Waals surface area contributed by atoms with E-state index in [4.69, 9.17) is 4.74 Å². The summed E-state index contributed by atoms with van der Waals surface area (Å²) in [5, 5.41) is 9.29. The van der Waals surface area contributed by atoms with Crippen LogP contribution in [0.4, 0.5) is 5.69 Å². The molecule has 19 heavy (non-hydrogen) atoms. The number of anilines is 1. The van der Waals surface area contributed by atoms with Crippen molar-refractivity contribution < 1.29 is 14.6 Å². The van der Waals surface area contributed by atoms with E-state index in [-0.39, 0.29) is 17.8 Å². The number of phenolic OH excluding ortho intramolecular Hbond substituents is 1. The van der Waals surface area contributed by atoms with Gasteiger partial charge in [0.1, 0.15) is 11.8 Å². The van der Waals surface area contributed by atoms with Crippen LogP contribution in [0, 0.1) is 0 Å². The van der Waals surface area contributed by atoms with E-state index in [1.807, 2.05) is 12.1 Å². The van der Waals surface area contributed by atoms with E-state index in [2.05, 4.69) is 9.80 Å². The van der Waals surface area contributed by atoms with E-state index in [9.17, 15) is 9.90 Å². The van der Waals surface area contributed by atoms with Gasteiger partial charge in [-0.15, -0.1) is 0 Å². The molecule has 1 atom stereocenters. The van der Waals surface area contributed by atoms with Gasteiger partial charge in [-0.05, 0) is 24.3 Å². The molecule has 0 aromatic heterocycles. The van der Waals surface area contributed by atoms with Crippen LogP contribution in [0.25, 0.3) is 0 Å². The van der Waals surface area contributed by atoms with Crippen molar-refractivity contribution in [3.8, 4) is 5.75 Å². The molecule has 0 radical (unpaired) electrons. The first-order valence-electron chi connectivity index (χ1n) is 6.69. The molecule has 1 aromatic rings. The van der Waals surface area contributed by atoms with Crippen molar-refractivity contribution in [2.45, 2.75) is 12.5 Å². The number of benzene rings is 1. The molecule has 0 aliphatic carbocycles. The molecule has 2 fully saturated rings. The second-order valence-electron chi connectivity index (χ2n) is 5.01. The van der Waals surface area contributed by atoms with Crippen LogP contribution in [0.1, 0.15) is 6.42 Å². The minimum Gasteiger partial charge on any atom is -0.508 e. The molecule has 2 aliphatic heterocycles. The van der Waals surface area contributed by atoms with Crippen LogP contribution in [0.3, 0.4) is 0 Å². The Morgan fingerprint density at radius 1 is 1.11 bits per heavy atom. The quantitative estimate of drug-likeness (QED) is 0.800. The number of aromatic hydroxyl groups is 1. The van der Waals surface area contributed by atoms with Gasteiger partial charge in [0.05, 0.1) is 6.61 Å². The van der Waals surface area contributed by atoms with Gasteiger partial charge in [-0.2, -0.15) is 0 Å². The Morgan fingerprint density at radius 2 is 1.79 bits per heavy atom. The predicted molar refractivity (Wildman–Crippen MR) is 71.3 cm³/mol. The molecule has 0 unspecified atom stereocenters. The van der Waals surface area contributed by atoms with Gasteiger partial charge >= 0.3 is 5.97 Å². The number of rotatable bonds is 2. The van der Waals surface area contributed by atoms with Crippen LogP contribution in [0.5, 0.6) is 5.75 Å². The van der Waals surface area contributed by atoms with E-state index in [0.717, 1.165) is 38.3 Å². The summed E-state index contributed by atoms with van der Waals surface area (Å²) in [4.78, 5) is 16.0. The third kappa shape index (κ3) is 2.51. The number of carbonyl (C=O) groups excluding carboxylic acids is 1. The van der Waals surface area contributed by atoms with Crippen LogP contribution in [-0.4, -0.2) is 54.8 Å². The Balaban J connectivity index is 1.60. The van der Waals surface area contributed by atoms with Crippen molar-refractivity contribution >= 4 is 11.7 Å². The summed E-state index contributed by atoms with van der Waals surface area (Å²) in [6, 6.07) is 7.22. The lowest BCUT2D eigenvalue weighted by Crippen LogP contribution is -2.51. The van der Waals surface area contributed by atoms with Gasteiger partial charge in [0, 0.05) is 38.3 Å². The van der Waals surface area contributed by atoms with E-state index < -0.39 is 0 Å². The first-order chi connectivity index (χ1) is 9.24. The molecule has 3 rings (SSSR count). The number of hydrogen-bond acceptors (Lipinski definition) is 5. The zero-order valence-electron chi connectivity index (χ0n) is 10.8. The number of nitrogens with zero attached hydrogens (tertiary/aromatic N) is 2. The SMILES string of the molecule is O=C1OCC[C@H]1N1CCN(c2ccc(O)cc2)CC1. The lowest BCUT2D eigenvalue weighted by atomic mass is 10.1. The maximum atomic E-state index is 11.6. The van der Waals surface area contributed by atoms with Crippen molar-refractivity contribution in [2.24, 2.45) is 0 Å². The summed E-state index contributed by atoms with van der Waals surface area (Å²) >= 11 is 0. The smallest absolute Gasteiger partial charge is 0.323 e. The highest BCUT2D eigenvalue weighted by molar-refractivity contribution is 5.77. The fourth-order valence-corrected chi connectivity index (χ4v) is 2.77. The highest BCUT2D eigenvalue weighted by Gasteiger charge is 2.33. The zero-order valence-corrected chi connectivity index (χ0v) is 10.8. The van der Waals surface area contributed by atoms with Crippen LogP contribution in [0.2, 0.25) is 0 Å². The van der Waals surface area contributed by atoms with E-state index >= 15 is 0 Å². The van der Waals surface area contributed by atoms with Crippen LogP contribution >= 0.6 is 0 Å². The third-order valence-corrected chi connectivity index (χ3v) is 3.88. The molecular weight excluding hydrogens is 244 g/mol. The molecule has 102 valence electrons. The van der Waals surface area contributed by atoms with Crippen molar-refractivity contribution in [2.75, 3.05) is 37.7 Å². The Kier molecular flexibility index (Phi) is 3.29. The number of piperazine rings is 1. The van der Waals surface area contributed by atoms with Gasteiger partial charge in [-0.3, -0.25) is 9.69 Å². The fourth-order valence-electron chi connectivity index (χ4n) is 2.77. The summed E-state index contributed by atoms with van der Waals surface area (Å²) in [5.74, 6) is 0.217. The molecule has 0 bridgehead atoms. The highest BCUT2D eigenvalue weighted by Crippen LogP contribution is 2.22. The summed E-state index contributed by atoms with van der Waals surface area (Å²) in [7, 11) is 0. The normalized spacial score (nSPS) is 24.5. The molecule has 2 saturated heterocycles. The van der Waals surface area contributed by atoms with Gasteiger partial charge in [0.25, 0.3) is 0 Å². The van der Waals surface area contributed by atoms with E-state index in [1.54, 1.807) is 12.1 Å². The molecule has 1 aromatic carbocycles. The predicted octanol–water partition coefficient (Wildman–Crippen LogP) is 0.830. The summed E-state index contributed by atoms with van der Waals surface area (Å²) in [5.41, 5.74) is 1.12. The number of ether oxygens (including phenoxy) is 1. The number of hydrogen-bond donors (Lipinski definition) is 1. The van der Waals surface area contributed by atoms with Crippen molar-refractivity contribution in [1.82, 2.24) is 4.90 Å². The lowest BCUT2D eigenvalue weighted by Gasteiger charge is -2.37. The van der Waals surface area contributed by atoms with Crippen LogP contribution in [0.15, 0.2) is 24.3 Å². The standard InChI is InChI=1S/C14H18N2O3/c17-12-3-1-11(2-4-12)15-6-8-16(9-7-15)13-5-10-19-14(13)18/h1-4,13,17H,5-10H2/t13-/m1/s1. The summed E-state index contributed by atoms with van der Waals surface area (Å²) in [6.07, 6.45) is 0.818. The second-order valence-corrected chi connectivity index (χ2v) is 5.01. The second kappa shape index (κ2) is 5.09. The highest BCUT2D eigenvalue weighted by atomic mass is 16.5. The number of esters is 1. The summed E-state index contributed by atoms with van der Waals surface area (Å²) < 4.78 is 5.02. The molecule has 2 heterocycles. The van der Waals surface area contributed by atoms with Crippen molar-refractivity contribution in [3.63, 3.8) is 0 Å². The Hall–Kier alpha value is -1.75. The molecular formula is C14H18N2O3. The number of phenols is 1. The molecule has 0 saturated carbocycles. The maximum Gasteiger partial charge on any atom is 0.323 e. The van der Waals surface area contributed by atoms with Gasteiger partial charge in [-0.25, -0.2) is 0 Å². The number of cyclic esters (lactones) is 1. The Morgan fingerprint density at radius 3 is 2.37 bits per heavy atom. The topological polar surface area (TPSA) is 53.0 Å². The summed E-state index contributed by atoms with van der Waals surface area (Å²) in [6.45, 7) is 4.10. The molecule has 1 N–H and O–H groups in total. The first-order valence-corrected chi connectivity index (χ1v) is 6.69. The lowest BCUT2D eigenvalue weighted by molar-refractivity contribution is -0.142. The third-order valence-electron chi connectivity index (χ3n) is 3.88. The van der Waals surface area contributed by atoms with E-state index in [0.29, 0.717) is 6.61 Å². The number of carbonyl (C=O) groups is 1. The average molecular weight is 262 g/mol. The van der Waals surface area contributed by atoms with Crippen LogP contribution in [-0.2, 0) is 9.53 Å². The van der Waals surface area contributed by atoms with Crippen molar-refractivity contribution in [3.05, 3.63) is 24.3 Å². The van der Waals surface area contributed by atoms with Crippen molar-refractivity contribution in [1.29, 1.82) is 0 Å². The van der Waals surface area contributed by atoms with Gasteiger partial charge in [0.2, 0.25) is 0 Å². The molecule has 5 nitrogen and oxygen atoms in total. The monoisotopic (exact) mass is 262 g/mol. The van der Waals surface area contributed by atoms with Gasteiger partial charge in [0.15, 0.2) is 0 Å². The Labute approximate surface area is 112 Å². The largest absolute Gasteiger partial charge is 0.508 e. The first kappa shape index (κ1) is 12.3. The fraction of sp³-hybridized carbons (Fsp3) is 0.500. The molecule has 2 aliphatic rings. The van der Waals surface area contributed by atoms with E-state index in [1.165, 1.54) is 0 Å². The average Bonchev–Trinajstić information content (AvgIpc) is 2.86. The Bertz CT molecular complexity index is 452. The molecule has 0 amide bonds. The van der Waals surface area contributed by atoms with Gasteiger partial charge in [-0.1, -0.05) is 0 Å².